The fourth-order valence-electron chi connectivity index (χ4n) is 3.90. The number of rotatable bonds is 8. The van der Waals surface area contributed by atoms with Gasteiger partial charge < -0.3 is 9.80 Å². The van der Waals surface area contributed by atoms with E-state index in [0.717, 1.165) is 18.5 Å². The molecule has 3 rings (SSSR count). The normalized spacial score (nSPS) is 14.5. The molecule has 0 unspecified atom stereocenters. The predicted octanol–water partition coefficient (Wildman–Crippen LogP) is 3.90. The highest BCUT2D eigenvalue weighted by Crippen LogP contribution is 2.22. The molecule has 0 atom stereocenters. The first-order chi connectivity index (χ1) is 14.9. The monoisotopic (exact) mass is 425 g/mol. The van der Waals surface area contributed by atoms with E-state index in [2.05, 4.69) is 43.0 Å². The second-order valence-electron chi connectivity index (χ2n) is 8.29. The van der Waals surface area contributed by atoms with E-state index in [9.17, 15) is 14.0 Å². The molecule has 2 aromatic rings. The average molecular weight is 426 g/mol. The lowest BCUT2D eigenvalue weighted by Crippen LogP contribution is -2.50. The standard InChI is InChI=1S/C25H32FN3O2/c1-4-11-29(17-21-7-5-19(2)6-8-21)25(31)18-27-12-14-28(15-13-27)24-10-9-22(20(3)30)16-23(24)26/h5-10,16H,4,11-15,17-18H2,1-3H3. The lowest BCUT2D eigenvalue weighted by molar-refractivity contribution is -0.133. The van der Waals surface area contributed by atoms with Crippen molar-refractivity contribution in [3.8, 4) is 0 Å². The minimum absolute atomic E-state index is 0.132. The molecule has 0 spiro atoms. The number of aryl methyl sites for hydroxylation is 1. The highest BCUT2D eigenvalue weighted by Gasteiger charge is 2.23. The number of halogens is 1. The quantitative estimate of drug-likeness (QED) is 0.602. The number of hydrogen-bond acceptors (Lipinski definition) is 4. The SMILES string of the molecule is CCCN(Cc1ccc(C)cc1)C(=O)CN1CCN(c2ccc(C(C)=O)cc2F)CC1. The van der Waals surface area contributed by atoms with Gasteiger partial charge in [0.1, 0.15) is 5.82 Å². The van der Waals surface area contributed by atoms with Crippen LogP contribution >= 0.6 is 0 Å². The van der Waals surface area contributed by atoms with Crippen molar-refractivity contribution in [3.05, 3.63) is 65.0 Å². The van der Waals surface area contributed by atoms with Crippen LogP contribution in [0.3, 0.4) is 0 Å². The summed E-state index contributed by atoms with van der Waals surface area (Å²) in [5.41, 5.74) is 3.25. The van der Waals surface area contributed by atoms with Gasteiger partial charge in [-0.3, -0.25) is 14.5 Å². The van der Waals surface area contributed by atoms with Crippen LogP contribution in [0.5, 0.6) is 0 Å². The Morgan fingerprint density at radius 1 is 1.03 bits per heavy atom. The van der Waals surface area contributed by atoms with Crippen molar-refractivity contribution in [1.29, 1.82) is 0 Å². The molecule has 0 radical (unpaired) electrons. The first-order valence-electron chi connectivity index (χ1n) is 11.0. The van der Waals surface area contributed by atoms with Crippen molar-refractivity contribution in [2.75, 3.05) is 44.2 Å². The molecule has 0 N–H and O–H groups in total. The fourth-order valence-corrected chi connectivity index (χ4v) is 3.90. The van der Waals surface area contributed by atoms with Gasteiger partial charge in [-0.2, -0.15) is 0 Å². The summed E-state index contributed by atoms with van der Waals surface area (Å²) in [4.78, 5) is 30.4. The van der Waals surface area contributed by atoms with Gasteiger partial charge in [0.05, 0.1) is 12.2 Å². The van der Waals surface area contributed by atoms with Crippen molar-refractivity contribution in [2.24, 2.45) is 0 Å². The Balaban J connectivity index is 1.55. The lowest BCUT2D eigenvalue weighted by Gasteiger charge is -2.36. The number of carbonyl (C=O) groups excluding carboxylic acids is 2. The number of Topliss-reactive ketones (excluding diaryl/α,β-unsaturated/α-hetero) is 1. The van der Waals surface area contributed by atoms with Gasteiger partial charge in [-0.25, -0.2) is 4.39 Å². The zero-order valence-corrected chi connectivity index (χ0v) is 18.7. The molecule has 6 heteroatoms. The number of benzene rings is 2. The maximum absolute atomic E-state index is 14.5. The summed E-state index contributed by atoms with van der Waals surface area (Å²) < 4.78 is 14.5. The molecule has 166 valence electrons. The number of carbonyl (C=O) groups is 2. The summed E-state index contributed by atoms with van der Waals surface area (Å²) in [6.45, 7) is 10.0. The Labute approximate surface area is 184 Å². The third-order valence-electron chi connectivity index (χ3n) is 5.77. The summed E-state index contributed by atoms with van der Waals surface area (Å²) in [5.74, 6) is -0.381. The van der Waals surface area contributed by atoms with E-state index in [-0.39, 0.29) is 17.5 Å². The summed E-state index contributed by atoms with van der Waals surface area (Å²) in [5, 5.41) is 0. The Morgan fingerprint density at radius 2 is 1.71 bits per heavy atom. The van der Waals surface area contributed by atoms with Gasteiger partial charge >= 0.3 is 0 Å². The van der Waals surface area contributed by atoms with E-state index in [1.807, 2.05) is 9.80 Å². The van der Waals surface area contributed by atoms with E-state index in [1.54, 1.807) is 12.1 Å². The average Bonchev–Trinajstić information content (AvgIpc) is 2.75. The minimum Gasteiger partial charge on any atom is -0.367 e. The first kappa shape index (κ1) is 22.9. The lowest BCUT2D eigenvalue weighted by atomic mass is 10.1. The van der Waals surface area contributed by atoms with Gasteiger partial charge in [-0.05, 0) is 44.0 Å². The van der Waals surface area contributed by atoms with E-state index in [4.69, 9.17) is 0 Å². The topological polar surface area (TPSA) is 43.9 Å². The second kappa shape index (κ2) is 10.5. The molecule has 1 aliphatic heterocycles. The highest BCUT2D eigenvalue weighted by molar-refractivity contribution is 5.94. The van der Waals surface area contributed by atoms with Gasteiger partial charge in [0.15, 0.2) is 5.78 Å². The van der Waals surface area contributed by atoms with Gasteiger partial charge in [0.25, 0.3) is 0 Å². The van der Waals surface area contributed by atoms with Crippen LogP contribution in [0, 0.1) is 12.7 Å². The third kappa shape index (κ3) is 6.14. The largest absolute Gasteiger partial charge is 0.367 e. The maximum Gasteiger partial charge on any atom is 0.237 e. The van der Waals surface area contributed by atoms with E-state index in [0.29, 0.717) is 50.5 Å². The molecule has 1 aliphatic rings. The molecule has 5 nitrogen and oxygen atoms in total. The number of anilines is 1. The molecule has 0 aliphatic carbocycles. The fraction of sp³-hybridized carbons (Fsp3) is 0.440. The first-order valence-corrected chi connectivity index (χ1v) is 11.0. The molecule has 2 aromatic carbocycles. The Bertz CT molecular complexity index is 905. The third-order valence-corrected chi connectivity index (χ3v) is 5.77. The van der Waals surface area contributed by atoms with Gasteiger partial charge in [0.2, 0.25) is 5.91 Å². The molecular weight excluding hydrogens is 393 g/mol. The van der Waals surface area contributed by atoms with Crippen molar-refractivity contribution in [3.63, 3.8) is 0 Å². The smallest absolute Gasteiger partial charge is 0.237 e. The predicted molar refractivity (Wildman–Crippen MR) is 122 cm³/mol. The number of ketones is 1. The highest BCUT2D eigenvalue weighted by atomic mass is 19.1. The van der Waals surface area contributed by atoms with Crippen LogP contribution in [0.15, 0.2) is 42.5 Å². The summed E-state index contributed by atoms with van der Waals surface area (Å²) >= 11 is 0. The molecule has 0 saturated carbocycles. The molecule has 31 heavy (non-hydrogen) atoms. The Hall–Kier alpha value is -2.73. The van der Waals surface area contributed by atoms with Crippen LogP contribution in [-0.4, -0.2) is 60.8 Å². The molecule has 0 bridgehead atoms. The maximum atomic E-state index is 14.5. The summed E-state index contributed by atoms with van der Waals surface area (Å²) in [6, 6.07) is 13.0. The number of amides is 1. The minimum atomic E-state index is -0.371. The summed E-state index contributed by atoms with van der Waals surface area (Å²) in [6.07, 6.45) is 0.918. The van der Waals surface area contributed by atoms with Crippen LogP contribution in [-0.2, 0) is 11.3 Å². The van der Waals surface area contributed by atoms with Gasteiger partial charge in [-0.15, -0.1) is 0 Å². The number of nitrogens with zero attached hydrogens (tertiary/aromatic N) is 3. The van der Waals surface area contributed by atoms with Crippen molar-refractivity contribution in [2.45, 2.75) is 33.7 Å². The van der Waals surface area contributed by atoms with Crippen LogP contribution < -0.4 is 4.90 Å². The van der Waals surface area contributed by atoms with Crippen LogP contribution in [0.1, 0.15) is 41.8 Å². The summed E-state index contributed by atoms with van der Waals surface area (Å²) in [7, 11) is 0. The Kier molecular flexibility index (Phi) is 7.80. The van der Waals surface area contributed by atoms with Crippen LogP contribution in [0.2, 0.25) is 0 Å². The molecule has 1 fully saturated rings. The zero-order valence-electron chi connectivity index (χ0n) is 18.7. The molecular formula is C25H32FN3O2. The van der Waals surface area contributed by atoms with E-state index >= 15 is 0 Å². The van der Waals surface area contributed by atoms with E-state index in [1.165, 1.54) is 18.6 Å². The van der Waals surface area contributed by atoms with Gasteiger partial charge in [0, 0.05) is 44.8 Å². The number of hydrogen-bond donors (Lipinski definition) is 0. The van der Waals surface area contributed by atoms with Crippen LogP contribution in [0.4, 0.5) is 10.1 Å². The van der Waals surface area contributed by atoms with Crippen molar-refractivity contribution < 1.29 is 14.0 Å². The van der Waals surface area contributed by atoms with Crippen LogP contribution in [0.25, 0.3) is 0 Å². The Morgan fingerprint density at radius 3 is 2.29 bits per heavy atom. The van der Waals surface area contributed by atoms with Crippen molar-refractivity contribution in [1.82, 2.24) is 9.80 Å². The number of piperazine rings is 1. The van der Waals surface area contributed by atoms with Gasteiger partial charge in [-0.1, -0.05) is 36.8 Å². The zero-order chi connectivity index (χ0) is 22.4. The second-order valence-corrected chi connectivity index (χ2v) is 8.29. The molecule has 1 saturated heterocycles. The molecule has 1 amide bonds. The van der Waals surface area contributed by atoms with Crippen molar-refractivity contribution >= 4 is 17.4 Å². The van der Waals surface area contributed by atoms with E-state index < -0.39 is 0 Å². The molecule has 1 heterocycles. The molecule has 0 aromatic heterocycles.